The van der Waals surface area contributed by atoms with Crippen molar-refractivity contribution in [1.29, 1.82) is 0 Å². The van der Waals surface area contributed by atoms with Crippen LogP contribution in [0.4, 0.5) is 0 Å². The summed E-state index contributed by atoms with van der Waals surface area (Å²) in [6.45, 7) is 8.64. The predicted octanol–water partition coefficient (Wildman–Crippen LogP) is 4.29. The van der Waals surface area contributed by atoms with Gasteiger partial charge in [0, 0.05) is 19.1 Å². The number of rotatable bonds is 5. The molecule has 3 fully saturated rings. The van der Waals surface area contributed by atoms with Crippen molar-refractivity contribution in [2.24, 2.45) is 5.92 Å². The molecule has 2 aromatic rings. The van der Waals surface area contributed by atoms with E-state index in [2.05, 4.69) is 81.4 Å². The zero-order valence-electron chi connectivity index (χ0n) is 18.5. The van der Waals surface area contributed by atoms with Crippen LogP contribution in [0.5, 0.6) is 0 Å². The van der Waals surface area contributed by atoms with E-state index in [1.165, 1.54) is 10.4 Å². The van der Waals surface area contributed by atoms with E-state index in [0.29, 0.717) is 12.0 Å². The van der Waals surface area contributed by atoms with E-state index in [4.69, 9.17) is 13.9 Å². The van der Waals surface area contributed by atoms with Crippen LogP contribution in [-0.4, -0.2) is 39.3 Å². The third-order valence-corrected chi connectivity index (χ3v) is 12.5. The normalized spacial score (nSPS) is 31.0. The SMILES string of the molecule is CC(C)(C)[Si](OCC1CC[C@@H]2OC23CCCOC13)(c1ccccc1)c1ccccc1. The molecule has 1 aliphatic carbocycles. The first kappa shape index (κ1) is 20.4. The van der Waals surface area contributed by atoms with E-state index in [0.717, 1.165) is 38.9 Å². The maximum Gasteiger partial charge on any atom is 0.261 e. The van der Waals surface area contributed by atoms with Crippen molar-refractivity contribution < 1.29 is 13.9 Å². The lowest BCUT2D eigenvalue weighted by Gasteiger charge is -2.45. The Morgan fingerprint density at radius 3 is 2.20 bits per heavy atom. The van der Waals surface area contributed by atoms with E-state index in [1.807, 2.05) is 0 Å². The first-order valence-corrected chi connectivity index (χ1v) is 13.4. The quantitative estimate of drug-likeness (QED) is 0.532. The average molecular weight is 423 g/mol. The number of hydrogen-bond donors (Lipinski definition) is 0. The molecule has 5 rings (SSSR count). The van der Waals surface area contributed by atoms with Gasteiger partial charge in [0.2, 0.25) is 0 Å². The van der Waals surface area contributed by atoms with Crippen molar-refractivity contribution in [3.05, 3.63) is 60.7 Å². The first-order chi connectivity index (χ1) is 14.5. The van der Waals surface area contributed by atoms with Crippen LogP contribution in [-0.2, 0) is 13.9 Å². The van der Waals surface area contributed by atoms with Gasteiger partial charge in [0.05, 0.1) is 12.2 Å². The monoisotopic (exact) mass is 422 g/mol. The minimum atomic E-state index is -2.50. The molecule has 0 bridgehead atoms. The van der Waals surface area contributed by atoms with Gasteiger partial charge < -0.3 is 13.9 Å². The maximum atomic E-state index is 7.22. The smallest absolute Gasteiger partial charge is 0.261 e. The molecule has 0 aromatic heterocycles. The van der Waals surface area contributed by atoms with Crippen LogP contribution < -0.4 is 10.4 Å². The molecule has 2 aromatic carbocycles. The molecule has 2 saturated heterocycles. The van der Waals surface area contributed by atoms with E-state index in [-0.39, 0.29) is 16.7 Å². The molecular formula is C26H34O3Si. The number of benzene rings is 2. The topological polar surface area (TPSA) is 31.0 Å². The van der Waals surface area contributed by atoms with Gasteiger partial charge in [-0.1, -0.05) is 81.4 Å². The van der Waals surface area contributed by atoms with Crippen LogP contribution in [0, 0.1) is 5.92 Å². The Bertz CT molecular complexity index is 823. The molecule has 1 saturated carbocycles. The molecular weight excluding hydrogens is 388 g/mol. The van der Waals surface area contributed by atoms with Crippen LogP contribution in [0.15, 0.2) is 60.7 Å². The van der Waals surface area contributed by atoms with Gasteiger partial charge in [-0.05, 0) is 41.1 Å². The fourth-order valence-electron chi connectivity index (χ4n) is 6.06. The highest BCUT2D eigenvalue weighted by Crippen LogP contribution is 2.55. The van der Waals surface area contributed by atoms with Crippen LogP contribution in [0.25, 0.3) is 0 Å². The van der Waals surface area contributed by atoms with Crippen LogP contribution in [0.2, 0.25) is 5.04 Å². The van der Waals surface area contributed by atoms with Crippen LogP contribution >= 0.6 is 0 Å². The summed E-state index contributed by atoms with van der Waals surface area (Å²) < 4.78 is 19.7. The van der Waals surface area contributed by atoms with Gasteiger partial charge in [0.25, 0.3) is 8.32 Å². The van der Waals surface area contributed by atoms with Gasteiger partial charge in [-0.25, -0.2) is 0 Å². The van der Waals surface area contributed by atoms with Crippen molar-refractivity contribution in [3.8, 4) is 0 Å². The summed E-state index contributed by atoms with van der Waals surface area (Å²) in [5, 5.41) is 2.70. The molecule has 1 spiro atoms. The summed E-state index contributed by atoms with van der Waals surface area (Å²) >= 11 is 0. The molecule has 2 heterocycles. The molecule has 0 radical (unpaired) electrons. The molecule has 3 nitrogen and oxygen atoms in total. The van der Waals surface area contributed by atoms with Crippen molar-refractivity contribution in [1.82, 2.24) is 0 Å². The second-order valence-electron chi connectivity index (χ2n) is 10.3. The van der Waals surface area contributed by atoms with Gasteiger partial charge in [-0.2, -0.15) is 0 Å². The highest BCUT2D eigenvalue weighted by atomic mass is 28.4. The Morgan fingerprint density at radius 1 is 0.967 bits per heavy atom. The summed E-state index contributed by atoms with van der Waals surface area (Å²) in [6, 6.07) is 21.9. The summed E-state index contributed by atoms with van der Waals surface area (Å²) in [7, 11) is -2.50. The lowest BCUT2D eigenvalue weighted by Crippen LogP contribution is -2.67. The molecule has 0 N–H and O–H groups in total. The largest absolute Gasteiger partial charge is 0.407 e. The lowest BCUT2D eigenvalue weighted by molar-refractivity contribution is -0.0885. The fraction of sp³-hybridized carbons (Fsp3) is 0.538. The molecule has 160 valence electrons. The van der Waals surface area contributed by atoms with Gasteiger partial charge in [-0.15, -0.1) is 0 Å². The highest BCUT2D eigenvalue weighted by molar-refractivity contribution is 6.99. The molecule has 30 heavy (non-hydrogen) atoms. The van der Waals surface area contributed by atoms with Gasteiger partial charge in [-0.3, -0.25) is 0 Å². The first-order valence-electron chi connectivity index (χ1n) is 11.5. The third-order valence-electron chi connectivity index (χ3n) is 7.50. The zero-order chi connectivity index (χ0) is 20.8. The summed E-state index contributed by atoms with van der Waals surface area (Å²) in [6.07, 6.45) is 5.17. The summed E-state index contributed by atoms with van der Waals surface area (Å²) in [5.74, 6) is 0.408. The van der Waals surface area contributed by atoms with Crippen LogP contribution in [0.1, 0.15) is 46.5 Å². The number of hydrogen-bond acceptors (Lipinski definition) is 3. The number of ether oxygens (including phenoxy) is 2. The van der Waals surface area contributed by atoms with E-state index in [9.17, 15) is 0 Å². The molecule has 4 atom stereocenters. The van der Waals surface area contributed by atoms with Gasteiger partial charge >= 0.3 is 0 Å². The molecule has 4 heteroatoms. The van der Waals surface area contributed by atoms with E-state index >= 15 is 0 Å². The van der Waals surface area contributed by atoms with Crippen molar-refractivity contribution in [3.63, 3.8) is 0 Å². The van der Waals surface area contributed by atoms with Gasteiger partial charge in [0.15, 0.2) is 0 Å². The minimum Gasteiger partial charge on any atom is -0.407 e. The molecule has 0 amide bonds. The second kappa shape index (κ2) is 7.59. The highest BCUT2D eigenvalue weighted by Gasteiger charge is 2.66. The Labute approximate surface area is 181 Å². The Balaban J connectivity index is 1.50. The summed E-state index contributed by atoms with van der Waals surface area (Å²) in [5.41, 5.74) is -0.00400. The summed E-state index contributed by atoms with van der Waals surface area (Å²) in [4.78, 5) is 0. The Kier molecular flexibility index (Phi) is 5.17. The fourth-order valence-corrected chi connectivity index (χ4v) is 10.7. The Morgan fingerprint density at radius 2 is 1.60 bits per heavy atom. The lowest BCUT2D eigenvalue weighted by atomic mass is 9.75. The minimum absolute atomic E-state index is 0.00400. The molecule has 3 aliphatic rings. The van der Waals surface area contributed by atoms with Crippen molar-refractivity contribution in [2.45, 2.75) is 69.3 Å². The zero-order valence-corrected chi connectivity index (χ0v) is 19.5. The second-order valence-corrected chi connectivity index (χ2v) is 14.6. The molecule has 3 unspecified atom stereocenters. The van der Waals surface area contributed by atoms with Gasteiger partial charge in [0.1, 0.15) is 5.60 Å². The Hall–Kier alpha value is -1.46. The molecule has 2 aliphatic heterocycles. The number of epoxide rings is 1. The van der Waals surface area contributed by atoms with Crippen molar-refractivity contribution >= 4 is 18.7 Å². The standard InChI is InChI=1S/C26H34O3Si/c1-25(2,3)30(21-11-6-4-7-12-21,22-13-8-5-9-14-22)28-19-20-15-16-23-26(29-23)17-10-18-27-24(20)26/h4-9,11-14,20,23-24H,10,15-19H2,1-3H3/t20?,23-,24?,26?/m0/s1. The van der Waals surface area contributed by atoms with Crippen molar-refractivity contribution in [2.75, 3.05) is 13.2 Å². The average Bonchev–Trinajstić information content (AvgIpc) is 3.47. The van der Waals surface area contributed by atoms with E-state index < -0.39 is 8.32 Å². The van der Waals surface area contributed by atoms with E-state index in [1.54, 1.807) is 0 Å². The predicted molar refractivity (Wildman–Crippen MR) is 123 cm³/mol. The van der Waals surface area contributed by atoms with Crippen LogP contribution in [0.3, 0.4) is 0 Å². The maximum absolute atomic E-state index is 7.22. The third kappa shape index (κ3) is 3.20.